The third kappa shape index (κ3) is 4.80. The molecule has 0 spiro atoms. The number of carbonyl (C=O) groups excluding carboxylic acids is 1. The van der Waals surface area contributed by atoms with Crippen LogP contribution in [-0.4, -0.2) is 59.1 Å². The molecular weight excluding hydrogens is 401 g/mol. The lowest BCUT2D eigenvalue weighted by Gasteiger charge is -2.40. The number of anilines is 1. The molecule has 0 bridgehead atoms. The van der Waals surface area contributed by atoms with Crippen LogP contribution in [0.15, 0.2) is 30.5 Å². The summed E-state index contributed by atoms with van der Waals surface area (Å²) in [7, 11) is 0. The number of alkyl halides is 3. The maximum Gasteiger partial charge on any atom is 0.393 e. The Morgan fingerprint density at radius 1 is 1.37 bits per heavy atom. The van der Waals surface area contributed by atoms with Crippen LogP contribution in [0.2, 0.25) is 0 Å². The van der Waals surface area contributed by atoms with Gasteiger partial charge < -0.3 is 20.4 Å². The Kier molecular flexibility index (Phi) is 6.43. The fraction of sp³-hybridized carbons (Fsp3) is 0.450. The molecular formula is C20H21F3N4O3. The smallest absolute Gasteiger partial charge is 0.393 e. The van der Waals surface area contributed by atoms with Crippen molar-refractivity contribution < 1.29 is 28.2 Å². The van der Waals surface area contributed by atoms with E-state index >= 15 is 0 Å². The van der Waals surface area contributed by atoms with Crippen LogP contribution in [0.1, 0.15) is 18.4 Å². The highest BCUT2D eigenvalue weighted by atomic mass is 19.4. The van der Waals surface area contributed by atoms with Crippen LogP contribution in [0.25, 0.3) is 10.9 Å². The van der Waals surface area contributed by atoms with Crippen molar-refractivity contribution in [2.24, 2.45) is 5.92 Å². The number of benzene rings is 1. The van der Waals surface area contributed by atoms with Crippen LogP contribution in [0.4, 0.5) is 18.9 Å². The highest BCUT2D eigenvalue weighted by molar-refractivity contribution is 5.95. The monoisotopic (exact) mass is 422 g/mol. The zero-order chi connectivity index (χ0) is 21.9. The summed E-state index contributed by atoms with van der Waals surface area (Å²) in [5, 5.41) is 30.6. The standard InChI is InChI=1S/C20H21F3N4O3/c21-20(22,23)13-6-14(26-18(30)7-15(29)11-28)10-27(9-13)17-4-3-12(8-24)19-16(17)2-1-5-25-19/h1-5,13-15,28-29H,6-7,9-11H2,(H,26,30)/t13?,14-,15?/m1/s1. The van der Waals surface area contributed by atoms with Gasteiger partial charge in [-0.1, -0.05) is 0 Å². The number of fused-ring (bicyclic) bond motifs is 1. The molecule has 10 heteroatoms. The molecule has 0 saturated carbocycles. The van der Waals surface area contributed by atoms with Gasteiger partial charge in [0.05, 0.1) is 36.1 Å². The lowest BCUT2D eigenvalue weighted by molar-refractivity contribution is -0.178. The summed E-state index contributed by atoms with van der Waals surface area (Å²) in [6.07, 6.45) is -4.89. The first-order chi connectivity index (χ1) is 14.2. The minimum absolute atomic E-state index is 0.128. The van der Waals surface area contributed by atoms with Gasteiger partial charge in [0, 0.05) is 36.4 Å². The summed E-state index contributed by atoms with van der Waals surface area (Å²) in [4.78, 5) is 17.8. The zero-order valence-corrected chi connectivity index (χ0v) is 15.9. The van der Waals surface area contributed by atoms with Crippen molar-refractivity contribution in [2.75, 3.05) is 24.6 Å². The summed E-state index contributed by atoms with van der Waals surface area (Å²) in [6.45, 7) is -0.770. The Morgan fingerprint density at radius 2 is 2.13 bits per heavy atom. The van der Waals surface area contributed by atoms with Gasteiger partial charge in [-0.05, 0) is 30.7 Å². The number of halogens is 3. The maximum absolute atomic E-state index is 13.6. The fourth-order valence-corrected chi connectivity index (χ4v) is 3.73. The second-order valence-corrected chi connectivity index (χ2v) is 7.33. The van der Waals surface area contributed by atoms with E-state index in [1.807, 2.05) is 6.07 Å². The van der Waals surface area contributed by atoms with Crippen LogP contribution >= 0.6 is 0 Å². The number of pyridine rings is 1. The zero-order valence-electron chi connectivity index (χ0n) is 15.9. The van der Waals surface area contributed by atoms with Crippen molar-refractivity contribution >= 4 is 22.5 Å². The van der Waals surface area contributed by atoms with E-state index in [1.165, 1.54) is 12.3 Å². The lowest BCUT2D eigenvalue weighted by Crippen LogP contribution is -2.54. The first-order valence-corrected chi connectivity index (χ1v) is 9.40. The molecule has 1 saturated heterocycles. The number of hydrogen-bond acceptors (Lipinski definition) is 6. The molecule has 2 heterocycles. The molecule has 3 N–H and O–H groups in total. The van der Waals surface area contributed by atoms with Gasteiger partial charge in [-0.15, -0.1) is 0 Å². The van der Waals surface area contributed by atoms with Crippen LogP contribution in [-0.2, 0) is 4.79 Å². The third-order valence-electron chi connectivity index (χ3n) is 5.12. The second-order valence-electron chi connectivity index (χ2n) is 7.33. The summed E-state index contributed by atoms with van der Waals surface area (Å²) in [6, 6.07) is 7.69. The number of carbonyl (C=O) groups is 1. The normalized spacial score (nSPS) is 20.6. The van der Waals surface area contributed by atoms with Gasteiger partial charge in [0.2, 0.25) is 5.91 Å². The number of rotatable bonds is 5. The molecule has 30 heavy (non-hydrogen) atoms. The van der Waals surface area contributed by atoms with E-state index in [9.17, 15) is 28.3 Å². The summed E-state index contributed by atoms with van der Waals surface area (Å²) in [5.41, 5.74) is 1.22. The predicted octanol–water partition coefficient (Wildman–Crippen LogP) is 1.72. The van der Waals surface area contributed by atoms with Gasteiger partial charge in [0.15, 0.2) is 0 Å². The molecule has 1 aromatic carbocycles. The topological polar surface area (TPSA) is 109 Å². The van der Waals surface area contributed by atoms with Gasteiger partial charge in [-0.2, -0.15) is 18.4 Å². The number of piperidine rings is 1. The third-order valence-corrected chi connectivity index (χ3v) is 5.12. The molecule has 1 aliphatic heterocycles. The number of amides is 1. The second kappa shape index (κ2) is 8.85. The summed E-state index contributed by atoms with van der Waals surface area (Å²) < 4.78 is 40.7. The van der Waals surface area contributed by atoms with Gasteiger partial charge in [0.25, 0.3) is 0 Å². The van der Waals surface area contributed by atoms with E-state index in [2.05, 4.69) is 10.3 Å². The Morgan fingerprint density at radius 3 is 2.80 bits per heavy atom. The van der Waals surface area contributed by atoms with E-state index < -0.39 is 43.2 Å². The molecule has 1 aromatic heterocycles. The molecule has 1 fully saturated rings. The summed E-state index contributed by atoms with van der Waals surface area (Å²) >= 11 is 0. The quantitative estimate of drug-likeness (QED) is 0.677. The minimum atomic E-state index is -4.45. The van der Waals surface area contributed by atoms with E-state index in [4.69, 9.17) is 5.11 Å². The molecule has 2 unspecified atom stereocenters. The minimum Gasteiger partial charge on any atom is -0.394 e. The number of aliphatic hydroxyl groups is 2. The molecule has 3 rings (SSSR count). The molecule has 160 valence electrons. The molecule has 0 aliphatic carbocycles. The molecule has 7 nitrogen and oxygen atoms in total. The molecule has 1 aliphatic rings. The first-order valence-electron chi connectivity index (χ1n) is 9.40. The number of aromatic nitrogens is 1. The fourth-order valence-electron chi connectivity index (χ4n) is 3.73. The first kappa shape index (κ1) is 21.8. The molecule has 1 amide bonds. The highest BCUT2D eigenvalue weighted by Gasteiger charge is 2.45. The van der Waals surface area contributed by atoms with E-state index in [-0.39, 0.29) is 19.5 Å². The largest absolute Gasteiger partial charge is 0.394 e. The number of nitrogens with zero attached hydrogens (tertiary/aromatic N) is 3. The Hall–Kier alpha value is -2.90. The van der Waals surface area contributed by atoms with Crippen LogP contribution in [0, 0.1) is 17.2 Å². The molecule has 2 aromatic rings. The molecule has 0 radical (unpaired) electrons. The number of nitriles is 1. The average molecular weight is 422 g/mol. The van der Waals surface area contributed by atoms with Gasteiger partial charge in [0.1, 0.15) is 6.07 Å². The Bertz CT molecular complexity index is 960. The van der Waals surface area contributed by atoms with Crippen LogP contribution in [0.5, 0.6) is 0 Å². The SMILES string of the molecule is N#Cc1ccc(N2CC(C(F)(F)F)C[C@@H](NC(=O)CC(O)CO)C2)c2cccnc12. The van der Waals surface area contributed by atoms with Crippen LogP contribution < -0.4 is 10.2 Å². The van der Waals surface area contributed by atoms with Crippen molar-refractivity contribution in [1.29, 1.82) is 5.26 Å². The van der Waals surface area contributed by atoms with Gasteiger partial charge >= 0.3 is 6.18 Å². The average Bonchev–Trinajstić information content (AvgIpc) is 2.71. The summed E-state index contributed by atoms with van der Waals surface area (Å²) in [5.74, 6) is -2.29. The van der Waals surface area contributed by atoms with Crippen molar-refractivity contribution in [2.45, 2.75) is 31.2 Å². The highest BCUT2D eigenvalue weighted by Crippen LogP contribution is 2.37. The van der Waals surface area contributed by atoms with Crippen molar-refractivity contribution in [3.63, 3.8) is 0 Å². The van der Waals surface area contributed by atoms with Gasteiger partial charge in [-0.25, -0.2) is 0 Å². The predicted molar refractivity (Wildman–Crippen MR) is 102 cm³/mol. The van der Waals surface area contributed by atoms with E-state index in [0.717, 1.165) is 0 Å². The van der Waals surface area contributed by atoms with Gasteiger partial charge in [-0.3, -0.25) is 9.78 Å². The van der Waals surface area contributed by atoms with Crippen molar-refractivity contribution in [1.82, 2.24) is 10.3 Å². The van der Waals surface area contributed by atoms with Crippen molar-refractivity contribution in [3.05, 3.63) is 36.0 Å². The van der Waals surface area contributed by atoms with E-state index in [0.29, 0.717) is 22.2 Å². The van der Waals surface area contributed by atoms with Crippen molar-refractivity contribution in [3.8, 4) is 6.07 Å². The lowest BCUT2D eigenvalue weighted by atomic mass is 9.92. The maximum atomic E-state index is 13.6. The Labute approximate surface area is 170 Å². The number of hydrogen-bond donors (Lipinski definition) is 3. The Balaban J connectivity index is 1.91. The van der Waals surface area contributed by atoms with Crippen LogP contribution in [0.3, 0.4) is 0 Å². The van der Waals surface area contributed by atoms with E-state index in [1.54, 1.807) is 23.1 Å². The number of nitrogens with one attached hydrogen (secondary N) is 1. The molecule has 3 atom stereocenters. The number of aliphatic hydroxyl groups excluding tert-OH is 2.